The van der Waals surface area contributed by atoms with Crippen LogP contribution < -0.4 is 10.6 Å². The van der Waals surface area contributed by atoms with Gasteiger partial charge in [-0.25, -0.2) is 0 Å². The molecule has 0 radical (unpaired) electrons. The molecule has 26 heavy (non-hydrogen) atoms. The van der Waals surface area contributed by atoms with Gasteiger partial charge in [-0.1, -0.05) is 11.8 Å². The maximum Gasteiger partial charge on any atom is 0.416 e. The van der Waals surface area contributed by atoms with Gasteiger partial charge in [-0.05, 0) is 55.7 Å². The second-order valence-electron chi connectivity index (χ2n) is 6.61. The molecule has 1 aromatic carbocycles. The van der Waals surface area contributed by atoms with Crippen molar-refractivity contribution in [1.82, 2.24) is 10.6 Å². The molecule has 3 heterocycles. The molecular formula is C18H17F3N2OS2. The van der Waals surface area contributed by atoms with E-state index in [4.69, 9.17) is 0 Å². The van der Waals surface area contributed by atoms with Crippen LogP contribution in [0.25, 0.3) is 0 Å². The molecule has 0 aliphatic carbocycles. The van der Waals surface area contributed by atoms with Gasteiger partial charge in [0.15, 0.2) is 0 Å². The zero-order valence-electron chi connectivity index (χ0n) is 13.7. The molecule has 2 bridgehead atoms. The predicted octanol–water partition coefficient (Wildman–Crippen LogP) is 4.54. The molecule has 3 unspecified atom stereocenters. The van der Waals surface area contributed by atoms with Crippen LogP contribution in [0, 0.1) is 0 Å². The first-order valence-corrected chi connectivity index (χ1v) is 10.0. The predicted molar refractivity (Wildman–Crippen MR) is 95.7 cm³/mol. The fourth-order valence-electron chi connectivity index (χ4n) is 3.55. The Morgan fingerprint density at radius 2 is 1.92 bits per heavy atom. The summed E-state index contributed by atoms with van der Waals surface area (Å²) >= 11 is 2.72. The van der Waals surface area contributed by atoms with Crippen LogP contribution >= 0.6 is 23.1 Å². The number of carbonyl (C=O) groups is 1. The number of benzene rings is 1. The van der Waals surface area contributed by atoms with Crippen LogP contribution in [0.1, 0.15) is 34.5 Å². The van der Waals surface area contributed by atoms with Crippen LogP contribution in [-0.2, 0) is 6.18 Å². The average Bonchev–Trinajstić information content (AvgIpc) is 3.31. The normalized spacial score (nSPS) is 24.8. The van der Waals surface area contributed by atoms with Crippen LogP contribution in [0.5, 0.6) is 0 Å². The van der Waals surface area contributed by atoms with Gasteiger partial charge in [0.25, 0.3) is 5.91 Å². The Kier molecular flexibility index (Phi) is 4.75. The van der Waals surface area contributed by atoms with Gasteiger partial charge in [0.1, 0.15) is 0 Å². The molecule has 2 fully saturated rings. The molecule has 0 saturated carbocycles. The van der Waals surface area contributed by atoms with Crippen LogP contribution in [0.3, 0.4) is 0 Å². The van der Waals surface area contributed by atoms with Crippen molar-refractivity contribution in [1.29, 1.82) is 0 Å². The highest BCUT2D eigenvalue weighted by Gasteiger charge is 2.39. The summed E-state index contributed by atoms with van der Waals surface area (Å²) in [4.78, 5) is 13.8. The summed E-state index contributed by atoms with van der Waals surface area (Å²) in [6.07, 6.45) is -1.06. The molecule has 1 aromatic heterocycles. The fraction of sp³-hybridized carbons (Fsp3) is 0.389. The Hall–Kier alpha value is -1.51. The second kappa shape index (κ2) is 6.90. The lowest BCUT2D eigenvalue weighted by atomic mass is 9.95. The minimum atomic E-state index is -4.33. The summed E-state index contributed by atoms with van der Waals surface area (Å²) in [7, 11) is 0. The first-order chi connectivity index (χ1) is 12.4. The molecule has 0 spiro atoms. The number of halogens is 3. The maximum absolute atomic E-state index is 12.6. The van der Waals surface area contributed by atoms with E-state index in [0.29, 0.717) is 21.9 Å². The molecule has 2 aliphatic heterocycles. The summed E-state index contributed by atoms with van der Waals surface area (Å²) in [6, 6.07) is 9.76. The van der Waals surface area contributed by atoms with Gasteiger partial charge in [-0.3, -0.25) is 4.79 Å². The first kappa shape index (κ1) is 17.9. The Labute approximate surface area is 157 Å². The zero-order valence-corrected chi connectivity index (χ0v) is 15.3. The third-order valence-corrected chi connectivity index (χ3v) is 7.05. The van der Waals surface area contributed by atoms with Crippen molar-refractivity contribution in [2.45, 2.75) is 52.7 Å². The van der Waals surface area contributed by atoms with Crippen molar-refractivity contribution in [3.05, 3.63) is 46.8 Å². The quantitative estimate of drug-likeness (QED) is 0.795. The minimum absolute atomic E-state index is 0.0754. The van der Waals surface area contributed by atoms with E-state index < -0.39 is 11.7 Å². The number of nitrogens with one attached hydrogen (secondary N) is 2. The van der Waals surface area contributed by atoms with Gasteiger partial charge in [0, 0.05) is 23.0 Å². The van der Waals surface area contributed by atoms with E-state index in [9.17, 15) is 18.0 Å². The standard InChI is InChI=1S/C18H17F3N2OS2/c19-18(20,21)10-1-4-12(5-2-10)25-16-8-7-15(26-16)17(24)23-14-9-11-3-6-13(14)22-11/h1-2,4-5,7-8,11,13-14,22H,3,6,9H2,(H,23,24). The fourth-order valence-corrected chi connectivity index (χ4v) is 5.55. The van der Waals surface area contributed by atoms with Crippen molar-refractivity contribution in [2.24, 2.45) is 0 Å². The van der Waals surface area contributed by atoms with Crippen molar-refractivity contribution >= 4 is 29.0 Å². The molecule has 138 valence electrons. The maximum atomic E-state index is 12.6. The number of hydrogen-bond donors (Lipinski definition) is 2. The molecule has 2 aromatic rings. The van der Waals surface area contributed by atoms with Crippen LogP contribution in [-0.4, -0.2) is 24.0 Å². The largest absolute Gasteiger partial charge is 0.416 e. The monoisotopic (exact) mass is 398 g/mol. The number of thiophene rings is 1. The van der Waals surface area contributed by atoms with Crippen molar-refractivity contribution in [3.63, 3.8) is 0 Å². The lowest BCUT2D eigenvalue weighted by Gasteiger charge is -2.20. The Morgan fingerprint density at radius 1 is 1.15 bits per heavy atom. The van der Waals surface area contributed by atoms with Gasteiger partial charge < -0.3 is 10.6 Å². The van der Waals surface area contributed by atoms with Gasteiger partial charge >= 0.3 is 6.18 Å². The van der Waals surface area contributed by atoms with Crippen molar-refractivity contribution in [2.75, 3.05) is 0 Å². The lowest BCUT2D eigenvalue weighted by molar-refractivity contribution is -0.137. The molecule has 8 heteroatoms. The number of amides is 1. The van der Waals surface area contributed by atoms with Gasteiger partial charge in [-0.15, -0.1) is 11.3 Å². The summed E-state index contributed by atoms with van der Waals surface area (Å²) in [5, 5.41) is 6.59. The molecule has 2 N–H and O–H groups in total. The smallest absolute Gasteiger partial charge is 0.347 e. The highest BCUT2D eigenvalue weighted by atomic mass is 32.2. The summed E-state index contributed by atoms with van der Waals surface area (Å²) in [5.41, 5.74) is -0.660. The average molecular weight is 398 g/mol. The Morgan fingerprint density at radius 3 is 2.54 bits per heavy atom. The lowest BCUT2D eigenvalue weighted by Crippen LogP contribution is -2.42. The Balaban J connectivity index is 1.37. The third kappa shape index (κ3) is 3.77. The van der Waals surface area contributed by atoms with E-state index >= 15 is 0 Å². The van der Waals surface area contributed by atoms with E-state index in [2.05, 4.69) is 10.6 Å². The molecule has 3 atom stereocenters. The molecule has 2 saturated heterocycles. The number of fused-ring (bicyclic) bond motifs is 2. The second-order valence-corrected chi connectivity index (χ2v) is 9.06. The summed E-state index contributed by atoms with van der Waals surface area (Å²) in [6.45, 7) is 0. The van der Waals surface area contributed by atoms with E-state index in [1.807, 2.05) is 6.07 Å². The van der Waals surface area contributed by atoms with E-state index in [1.54, 1.807) is 6.07 Å². The van der Waals surface area contributed by atoms with Crippen LogP contribution in [0.15, 0.2) is 45.5 Å². The van der Waals surface area contributed by atoms with Gasteiger partial charge in [-0.2, -0.15) is 13.2 Å². The number of alkyl halides is 3. The highest BCUT2D eigenvalue weighted by molar-refractivity contribution is 8.01. The van der Waals surface area contributed by atoms with E-state index in [1.165, 1.54) is 41.7 Å². The van der Waals surface area contributed by atoms with Gasteiger partial charge in [0.05, 0.1) is 14.6 Å². The number of rotatable bonds is 4. The van der Waals surface area contributed by atoms with Gasteiger partial charge in [0.2, 0.25) is 0 Å². The zero-order chi connectivity index (χ0) is 18.3. The van der Waals surface area contributed by atoms with Crippen molar-refractivity contribution < 1.29 is 18.0 Å². The molecule has 3 nitrogen and oxygen atoms in total. The third-order valence-electron chi connectivity index (χ3n) is 4.82. The molecule has 4 rings (SSSR count). The minimum Gasteiger partial charge on any atom is -0.347 e. The van der Waals surface area contributed by atoms with E-state index in [-0.39, 0.29) is 11.9 Å². The molecule has 1 amide bonds. The highest BCUT2D eigenvalue weighted by Crippen LogP contribution is 2.36. The van der Waals surface area contributed by atoms with E-state index in [0.717, 1.165) is 29.2 Å². The van der Waals surface area contributed by atoms with Crippen LogP contribution in [0.2, 0.25) is 0 Å². The molecular weight excluding hydrogens is 381 g/mol. The number of carbonyl (C=O) groups excluding carboxylic acids is 1. The first-order valence-electron chi connectivity index (χ1n) is 8.40. The SMILES string of the molecule is O=C(NC1CC2CCC1N2)c1ccc(Sc2ccc(C(F)(F)F)cc2)s1. The summed E-state index contributed by atoms with van der Waals surface area (Å²) < 4.78 is 38.7. The number of hydrogen-bond acceptors (Lipinski definition) is 4. The topological polar surface area (TPSA) is 41.1 Å². The Bertz CT molecular complexity index is 804. The van der Waals surface area contributed by atoms with Crippen molar-refractivity contribution in [3.8, 4) is 0 Å². The summed E-state index contributed by atoms with van der Waals surface area (Å²) in [5.74, 6) is -0.0754. The van der Waals surface area contributed by atoms with Crippen LogP contribution in [0.4, 0.5) is 13.2 Å². The molecule has 2 aliphatic rings.